The first-order valence-electron chi connectivity index (χ1n) is 6.30. The highest BCUT2D eigenvalue weighted by Gasteiger charge is 2.32. The van der Waals surface area contributed by atoms with Crippen LogP contribution < -0.4 is 14.2 Å². The van der Waals surface area contributed by atoms with E-state index in [1.165, 1.54) is 20.3 Å². The Morgan fingerprint density at radius 3 is 2.25 bits per heavy atom. The van der Waals surface area contributed by atoms with Crippen molar-refractivity contribution in [1.82, 2.24) is 4.72 Å². The maximum absolute atomic E-state index is 12.3. The maximum Gasteiger partial charge on any atom is 0.241 e. The number of nitrogens with one attached hydrogen (secondary N) is 1. The van der Waals surface area contributed by atoms with Gasteiger partial charge in [0.1, 0.15) is 0 Å². The predicted molar refractivity (Wildman–Crippen MR) is 73.6 cm³/mol. The van der Waals surface area contributed by atoms with Gasteiger partial charge in [-0.3, -0.25) is 0 Å². The summed E-state index contributed by atoms with van der Waals surface area (Å²) in [5.74, 6) is 0.857. The molecule has 6 nitrogen and oxygen atoms in total. The molecule has 0 aromatic heterocycles. The fourth-order valence-corrected chi connectivity index (χ4v) is 3.72. The molecule has 0 spiro atoms. The topological polar surface area (TPSA) is 84.9 Å². The molecule has 0 atom stereocenters. The minimum Gasteiger partial charge on any atom is -0.493 e. The smallest absolute Gasteiger partial charge is 0.241 e. The predicted octanol–water partition coefficient (Wildman–Crippen LogP) is 0.814. The lowest BCUT2D eigenvalue weighted by molar-refractivity contribution is 0.0712. The van der Waals surface area contributed by atoms with Crippen molar-refractivity contribution >= 4 is 10.0 Å². The zero-order chi connectivity index (χ0) is 14.9. The number of hydrogen-bond acceptors (Lipinski definition) is 5. The van der Waals surface area contributed by atoms with Crippen molar-refractivity contribution in [2.45, 2.75) is 36.8 Å². The van der Waals surface area contributed by atoms with Crippen LogP contribution in [0, 0.1) is 6.92 Å². The summed E-state index contributed by atoms with van der Waals surface area (Å²) >= 11 is 0. The summed E-state index contributed by atoms with van der Waals surface area (Å²) in [6, 6.07) is 2.87. The SMILES string of the molecule is COc1cc(C)c(S(=O)(=O)NC2CC(O)C2)cc1OC. The average molecular weight is 301 g/mol. The molecule has 1 aromatic carbocycles. The second-order valence-corrected chi connectivity index (χ2v) is 6.60. The van der Waals surface area contributed by atoms with E-state index in [4.69, 9.17) is 9.47 Å². The lowest BCUT2D eigenvalue weighted by Crippen LogP contribution is -2.46. The Kier molecular flexibility index (Phi) is 4.22. The normalized spacial score (nSPS) is 22.2. The molecule has 0 radical (unpaired) electrons. The Labute approximate surface area is 118 Å². The molecule has 1 saturated carbocycles. The Balaban J connectivity index is 2.31. The summed E-state index contributed by atoms with van der Waals surface area (Å²) in [6.07, 6.45) is 0.492. The molecule has 0 amide bonds. The summed E-state index contributed by atoms with van der Waals surface area (Å²) < 4.78 is 37.5. The summed E-state index contributed by atoms with van der Waals surface area (Å²) in [5, 5.41) is 9.22. The molecule has 0 saturated heterocycles. The maximum atomic E-state index is 12.3. The number of aliphatic hydroxyl groups excluding tert-OH is 1. The largest absolute Gasteiger partial charge is 0.493 e. The molecule has 1 aliphatic rings. The highest BCUT2D eigenvalue weighted by Crippen LogP contribution is 2.33. The van der Waals surface area contributed by atoms with Gasteiger partial charge in [0.25, 0.3) is 0 Å². The Bertz CT molecular complexity index is 593. The van der Waals surface area contributed by atoms with Gasteiger partial charge in [0, 0.05) is 12.1 Å². The first kappa shape index (κ1) is 15.1. The lowest BCUT2D eigenvalue weighted by Gasteiger charge is -2.31. The fourth-order valence-electron chi connectivity index (χ4n) is 2.22. The molecule has 112 valence electrons. The number of ether oxygens (including phenoxy) is 2. The summed E-state index contributed by atoms with van der Waals surface area (Å²) in [6.45, 7) is 1.70. The van der Waals surface area contributed by atoms with Crippen molar-refractivity contribution in [2.24, 2.45) is 0 Å². The van der Waals surface area contributed by atoms with Gasteiger partial charge < -0.3 is 14.6 Å². The van der Waals surface area contributed by atoms with Crippen LogP contribution in [0.5, 0.6) is 11.5 Å². The number of hydrogen-bond donors (Lipinski definition) is 2. The fraction of sp³-hybridized carbons (Fsp3) is 0.538. The summed E-state index contributed by atoms with van der Waals surface area (Å²) in [4.78, 5) is 0.163. The number of rotatable bonds is 5. The quantitative estimate of drug-likeness (QED) is 0.841. The molecule has 0 aliphatic heterocycles. The number of benzene rings is 1. The van der Waals surface area contributed by atoms with Crippen LogP contribution in [0.3, 0.4) is 0 Å². The second-order valence-electron chi connectivity index (χ2n) is 4.92. The molecule has 1 aromatic rings. The molecule has 1 aliphatic carbocycles. The number of methoxy groups -OCH3 is 2. The van der Waals surface area contributed by atoms with E-state index in [1.807, 2.05) is 0 Å². The minimum absolute atomic E-state index is 0.163. The highest BCUT2D eigenvalue weighted by atomic mass is 32.2. The van der Waals surface area contributed by atoms with Gasteiger partial charge in [-0.05, 0) is 31.4 Å². The van der Waals surface area contributed by atoms with Crippen molar-refractivity contribution in [3.8, 4) is 11.5 Å². The van der Waals surface area contributed by atoms with Gasteiger partial charge in [0.2, 0.25) is 10.0 Å². The average Bonchev–Trinajstić information content (AvgIpc) is 2.35. The van der Waals surface area contributed by atoms with Gasteiger partial charge >= 0.3 is 0 Å². The first-order valence-corrected chi connectivity index (χ1v) is 7.78. The van der Waals surface area contributed by atoms with Crippen LogP contribution in [-0.2, 0) is 10.0 Å². The van der Waals surface area contributed by atoms with Gasteiger partial charge in [-0.25, -0.2) is 13.1 Å². The molecule has 7 heteroatoms. The molecule has 1 fully saturated rings. The monoisotopic (exact) mass is 301 g/mol. The number of aliphatic hydroxyl groups is 1. The van der Waals surface area contributed by atoms with Crippen molar-refractivity contribution in [3.05, 3.63) is 17.7 Å². The molecule has 2 rings (SSSR count). The van der Waals surface area contributed by atoms with E-state index in [9.17, 15) is 13.5 Å². The van der Waals surface area contributed by atoms with E-state index < -0.39 is 16.1 Å². The zero-order valence-corrected chi connectivity index (χ0v) is 12.5. The van der Waals surface area contributed by atoms with Crippen molar-refractivity contribution in [3.63, 3.8) is 0 Å². The van der Waals surface area contributed by atoms with Crippen molar-refractivity contribution in [1.29, 1.82) is 0 Å². The molecule has 2 N–H and O–H groups in total. The van der Waals surface area contributed by atoms with Crippen LogP contribution in [0.25, 0.3) is 0 Å². The van der Waals surface area contributed by atoms with Crippen LogP contribution in [0.15, 0.2) is 17.0 Å². The van der Waals surface area contributed by atoms with Gasteiger partial charge in [0.05, 0.1) is 25.2 Å². The third kappa shape index (κ3) is 2.89. The first-order chi connectivity index (χ1) is 9.37. The van der Waals surface area contributed by atoms with E-state index >= 15 is 0 Å². The third-order valence-corrected chi connectivity index (χ3v) is 5.07. The van der Waals surface area contributed by atoms with E-state index in [0.29, 0.717) is 29.9 Å². The summed E-state index contributed by atoms with van der Waals surface area (Å²) in [5.41, 5.74) is 0.579. The van der Waals surface area contributed by atoms with Gasteiger partial charge in [-0.2, -0.15) is 0 Å². The Morgan fingerprint density at radius 2 is 1.75 bits per heavy atom. The standard InChI is InChI=1S/C13H19NO5S/c1-8-4-11(18-2)12(19-3)7-13(8)20(16,17)14-9-5-10(15)6-9/h4,7,9-10,14-15H,5-6H2,1-3H3. The van der Waals surface area contributed by atoms with Crippen LogP contribution >= 0.6 is 0 Å². The van der Waals surface area contributed by atoms with E-state index in [2.05, 4.69) is 4.72 Å². The lowest BCUT2D eigenvalue weighted by atomic mass is 9.91. The van der Waals surface area contributed by atoms with Crippen molar-refractivity contribution in [2.75, 3.05) is 14.2 Å². The zero-order valence-electron chi connectivity index (χ0n) is 11.7. The van der Waals surface area contributed by atoms with Crippen LogP contribution in [-0.4, -0.2) is 39.9 Å². The number of aryl methyl sites for hydroxylation is 1. The van der Waals surface area contributed by atoms with Crippen LogP contribution in [0.1, 0.15) is 18.4 Å². The highest BCUT2D eigenvalue weighted by molar-refractivity contribution is 7.89. The van der Waals surface area contributed by atoms with E-state index in [0.717, 1.165) is 0 Å². The van der Waals surface area contributed by atoms with Crippen LogP contribution in [0.2, 0.25) is 0 Å². The van der Waals surface area contributed by atoms with Gasteiger partial charge in [-0.15, -0.1) is 0 Å². The van der Waals surface area contributed by atoms with E-state index in [-0.39, 0.29) is 10.9 Å². The molecule has 0 unspecified atom stereocenters. The third-order valence-electron chi connectivity index (χ3n) is 3.41. The van der Waals surface area contributed by atoms with Gasteiger partial charge in [0.15, 0.2) is 11.5 Å². The molecular weight excluding hydrogens is 282 g/mol. The number of sulfonamides is 1. The van der Waals surface area contributed by atoms with Crippen molar-refractivity contribution < 1.29 is 23.0 Å². The van der Waals surface area contributed by atoms with Crippen LogP contribution in [0.4, 0.5) is 0 Å². The molecule has 0 heterocycles. The second kappa shape index (κ2) is 5.59. The summed E-state index contributed by atoms with van der Waals surface area (Å²) in [7, 11) is -0.672. The Morgan fingerprint density at radius 1 is 1.20 bits per heavy atom. The van der Waals surface area contributed by atoms with Gasteiger partial charge in [-0.1, -0.05) is 0 Å². The Hall–Kier alpha value is -1.31. The minimum atomic E-state index is -3.63. The molecular formula is C13H19NO5S. The van der Waals surface area contributed by atoms with E-state index in [1.54, 1.807) is 13.0 Å². The molecule has 20 heavy (non-hydrogen) atoms. The molecule has 0 bridgehead atoms.